The molecule has 0 bridgehead atoms. The Morgan fingerprint density at radius 3 is 2.55 bits per heavy atom. The predicted molar refractivity (Wildman–Crippen MR) is 74.0 cm³/mol. The highest BCUT2D eigenvalue weighted by Gasteiger charge is 2.60. The van der Waals surface area contributed by atoms with Gasteiger partial charge in [-0.1, -0.05) is 13.5 Å². The molecule has 0 aromatic carbocycles. The molecule has 2 rings (SSSR count). The molecule has 0 spiro atoms. The fraction of sp³-hybridized carbons (Fsp3) is 0.688. The molecule has 4 nitrogen and oxygen atoms in total. The standard InChI is InChI=1S/C16H22O4/c1-10(14(19)20-4)12-5-6-15(3)8-13(18)9-16(15,7-12)11(2)17/h12H,1,5-9H2,2-4H3/t12-,15+,16-/m1/s1. The highest BCUT2D eigenvalue weighted by Crippen LogP contribution is 2.61. The normalized spacial score (nSPS) is 36.4. The first-order valence-electron chi connectivity index (χ1n) is 7.05. The van der Waals surface area contributed by atoms with Gasteiger partial charge in [0.25, 0.3) is 0 Å². The maximum Gasteiger partial charge on any atom is 0.333 e. The Hall–Kier alpha value is -1.45. The van der Waals surface area contributed by atoms with E-state index >= 15 is 0 Å². The number of ketones is 2. The van der Waals surface area contributed by atoms with Crippen LogP contribution in [0.1, 0.15) is 46.0 Å². The van der Waals surface area contributed by atoms with Crippen LogP contribution >= 0.6 is 0 Å². The van der Waals surface area contributed by atoms with Crippen molar-refractivity contribution in [2.45, 2.75) is 46.0 Å². The maximum absolute atomic E-state index is 12.3. The van der Waals surface area contributed by atoms with Crippen LogP contribution in [0, 0.1) is 16.7 Å². The van der Waals surface area contributed by atoms with E-state index in [2.05, 4.69) is 6.58 Å². The van der Waals surface area contributed by atoms with Crippen LogP contribution in [0.25, 0.3) is 0 Å². The number of rotatable bonds is 3. The quantitative estimate of drug-likeness (QED) is 0.587. The van der Waals surface area contributed by atoms with Gasteiger partial charge in [-0.3, -0.25) is 9.59 Å². The third-order valence-electron chi connectivity index (χ3n) is 5.50. The van der Waals surface area contributed by atoms with E-state index in [1.54, 1.807) is 6.92 Å². The first kappa shape index (κ1) is 14.9. The van der Waals surface area contributed by atoms with Crippen molar-refractivity contribution in [2.75, 3.05) is 7.11 Å². The minimum Gasteiger partial charge on any atom is -0.466 e. The van der Waals surface area contributed by atoms with E-state index in [0.29, 0.717) is 24.8 Å². The topological polar surface area (TPSA) is 60.4 Å². The number of fused-ring (bicyclic) bond motifs is 1. The minimum atomic E-state index is -0.621. The monoisotopic (exact) mass is 278 g/mol. The lowest BCUT2D eigenvalue weighted by atomic mass is 9.54. The van der Waals surface area contributed by atoms with Crippen LogP contribution in [0.3, 0.4) is 0 Å². The lowest BCUT2D eigenvalue weighted by Crippen LogP contribution is -2.46. The molecule has 20 heavy (non-hydrogen) atoms. The summed E-state index contributed by atoms with van der Waals surface area (Å²) < 4.78 is 4.73. The number of hydrogen-bond acceptors (Lipinski definition) is 4. The van der Waals surface area contributed by atoms with Gasteiger partial charge in [-0.2, -0.15) is 0 Å². The van der Waals surface area contributed by atoms with Gasteiger partial charge in [0.05, 0.1) is 7.11 Å². The largest absolute Gasteiger partial charge is 0.466 e. The van der Waals surface area contributed by atoms with Crippen LogP contribution in [-0.4, -0.2) is 24.6 Å². The predicted octanol–water partition coefficient (Wildman–Crippen LogP) is 2.46. The Labute approximate surface area is 119 Å². The summed E-state index contributed by atoms with van der Waals surface area (Å²) in [7, 11) is 1.33. The lowest BCUT2D eigenvalue weighted by molar-refractivity contribution is -0.141. The van der Waals surface area contributed by atoms with E-state index in [1.807, 2.05) is 6.92 Å². The summed E-state index contributed by atoms with van der Waals surface area (Å²) in [5.74, 6) is -0.257. The lowest BCUT2D eigenvalue weighted by Gasteiger charge is -2.48. The van der Waals surface area contributed by atoms with Gasteiger partial charge in [-0.05, 0) is 37.5 Å². The van der Waals surface area contributed by atoms with E-state index in [0.717, 1.165) is 12.8 Å². The van der Waals surface area contributed by atoms with E-state index < -0.39 is 11.4 Å². The summed E-state index contributed by atoms with van der Waals surface area (Å²) in [6, 6.07) is 0. The van der Waals surface area contributed by atoms with Gasteiger partial charge in [-0.15, -0.1) is 0 Å². The third-order valence-corrected chi connectivity index (χ3v) is 5.50. The van der Waals surface area contributed by atoms with Gasteiger partial charge in [0.2, 0.25) is 0 Å². The van der Waals surface area contributed by atoms with Crippen molar-refractivity contribution >= 4 is 17.5 Å². The van der Waals surface area contributed by atoms with Crippen molar-refractivity contribution in [1.29, 1.82) is 0 Å². The molecule has 0 aromatic rings. The molecule has 3 atom stereocenters. The second kappa shape index (κ2) is 4.83. The van der Waals surface area contributed by atoms with E-state index in [-0.39, 0.29) is 22.9 Å². The van der Waals surface area contributed by atoms with Crippen molar-refractivity contribution in [3.8, 4) is 0 Å². The summed E-state index contributed by atoms with van der Waals surface area (Å²) in [6.45, 7) is 7.43. The third kappa shape index (κ3) is 2.02. The molecule has 0 N–H and O–H groups in total. The zero-order chi connectivity index (χ0) is 15.1. The van der Waals surface area contributed by atoms with Gasteiger partial charge in [0, 0.05) is 23.8 Å². The molecule has 2 aliphatic carbocycles. The van der Waals surface area contributed by atoms with Crippen LogP contribution in [0.4, 0.5) is 0 Å². The van der Waals surface area contributed by atoms with E-state index in [4.69, 9.17) is 4.74 Å². The molecular formula is C16H22O4. The molecule has 0 saturated heterocycles. The second-order valence-corrected chi connectivity index (χ2v) is 6.55. The van der Waals surface area contributed by atoms with Crippen LogP contribution in [-0.2, 0) is 19.1 Å². The summed E-state index contributed by atoms with van der Waals surface area (Å²) in [6.07, 6.45) is 2.89. The highest BCUT2D eigenvalue weighted by atomic mass is 16.5. The Morgan fingerprint density at radius 2 is 2.00 bits per heavy atom. The number of hydrogen-bond donors (Lipinski definition) is 0. The van der Waals surface area contributed by atoms with Crippen molar-refractivity contribution in [3.05, 3.63) is 12.2 Å². The number of methoxy groups -OCH3 is 1. The average Bonchev–Trinajstić information content (AvgIpc) is 2.67. The van der Waals surface area contributed by atoms with Crippen LogP contribution < -0.4 is 0 Å². The molecule has 2 fully saturated rings. The molecule has 2 aliphatic rings. The van der Waals surface area contributed by atoms with Crippen LogP contribution in [0.15, 0.2) is 12.2 Å². The van der Waals surface area contributed by atoms with Gasteiger partial charge in [0.1, 0.15) is 11.6 Å². The SMILES string of the molecule is C=C(C(=O)OC)[C@@H]1CC[C@@]2(C)CC(=O)C[C@@]2(C(C)=O)C1. The van der Waals surface area contributed by atoms with Gasteiger partial charge in [0.15, 0.2) is 0 Å². The molecule has 0 aromatic heterocycles. The first-order chi connectivity index (χ1) is 9.25. The molecule has 0 aliphatic heterocycles. The summed E-state index contributed by atoms with van der Waals surface area (Å²) in [4.78, 5) is 35.8. The Bertz CT molecular complexity index is 493. The van der Waals surface area contributed by atoms with E-state index in [1.165, 1.54) is 7.11 Å². The summed E-state index contributed by atoms with van der Waals surface area (Å²) >= 11 is 0. The van der Waals surface area contributed by atoms with Crippen molar-refractivity contribution in [3.63, 3.8) is 0 Å². The molecule has 0 unspecified atom stereocenters. The van der Waals surface area contributed by atoms with Gasteiger partial charge in [-0.25, -0.2) is 4.79 Å². The van der Waals surface area contributed by atoms with E-state index in [9.17, 15) is 14.4 Å². The number of carbonyl (C=O) groups is 3. The Kier molecular flexibility index (Phi) is 3.61. The highest BCUT2D eigenvalue weighted by molar-refractivity contribution is 5.95. The summed E-state index contributed by atoms with van der Waals surface area (Å²) in [5, 5.41) is 0. The molecule has 0 amide bonds. The smallest absolute Gasteiger partial charge is 0.333 e. The molecule has 4 heteroatoms. The van der Waals surface area contributed by atoms with Crippen molar-refractivity contribution < 1.29 is 19.1 Å². The Morgan fingerprint density at radius 1 is 1.35 bits per heavy atom. The maximum atomic E-state index is 12.3. The second-order valence-electron chi connectivity index (χ2n) is 6.55. The molecule has 0 heterocycles. The van der Waals surface area contributed by atoms with Gasteiger partial charge < -0.3 is 4.74 Å². The molecule has 110 valence electrons. The average molecular weight is 278 g/mol. The zero-order valence-corrected chi connectivity index (χ0v) is 12.5. The van der Waals surface area contributed by atoms with Crippen LogP contribution in [0.2, 0.25) is 0 Å². The van der Waals surface area contributed by atoms with Gasteiger partial charge >= 0.3 is 5.97 Å². The number of ether oxygens (including phenoxy) is 1. The minimum absolute atomic E-state index is 0.0632. The van der Waals surface area contributed by atoms with Crippen LogP contribution in [0.5, 0.6) is 0 Å². The summed E-state index contributed by atoms with van der Waals surface area (Å²) in [5.41, 5.74) is -0.457. The zero-order valence-electron chi connectivity index (χ0n) is 12.5. The first-order valence-corrected chi connectivity index (χ1v) is 7.05. The van der Waals surface area contributed by atoms with Crippen molar-refractivity contribution in [1.82, 2.24) is 0 Å². The molecule has 2 saturated carbocycles. The van der Waals surface area contributed by atoms with Crippen molar-refractivity contribution in [2.24, 2.45) is 16.7 Å². The number of esters is 1. The number of Topliss-reactive ketones (excluding diaryl/α,β-unsaturated/α-hetero) is 2. The molecular weight excluding hydrogens is 256 g/mol. The Balaban J connectivity index is 2.32. The fourth-order valence-electron chi connectivity index (χ4n) is 4.17. The molecule has 0 radical (unpaired) electrons. The fourth-order valence-corrected chi connectivity index (χ4v) is 4.17. The number of carbonyl (C=O) groups excluding carboxylic acids is 3.